The van der Waals surface area contributed by atoms with Crippen LogP contribution in [-0.4, -0.2) is 35.1 Å². The molecule has 0 unspecified atom stereocenters. The number of benzene rings is 2. The smallest absolute Gasteiger partial charge is 0.242 e. The number of rotatable bonds is 10. The molecule has 2 aromatic rings. The first-order valence-corrected chi connectivity index (χ1v) is 10.9. The quantitative estimate of drug-likeness (QED) is 0.565. The highest BCUT2D eigenvalue weighted by Gasteiger charge is 2.28. The zero-order chi connectivity index (χ0) is 20.4. The van der Waals surface area contributed by atoms with Gasteiger partial charge in [0.1, 0.15) is 6.04 Å². The normalized spacial score (nSPS) is 11.7. The zero-order valence-electron chi connectivity index (χ0n) is 16.4. The van der Waals surface area contributed by atoms with Gasteiger partial charge in [-0.1, -0.05) is 48.9 Å². The Labute approximate surface area is 176 Å². The van der Waals surface area contributed by atoms with E-state index in [-0.39, 0.29) is 11.8 Å². The lowest BCUT2D eigenvalue weighted by Gasteiger charge is -2.30. The first-order chi connectivity index (χ1) is 13.5. The van der Waals surface area contributed by atoms with E-state index in [2.05, 4.69) is 5.32 Å². The van der Waals surface area contributed by atoms with Crippen molar-refractivity contribution in [2.45, 2.75) is 44.2 Å². The molecule has 0 aliphatic heterocycles. The van der Waals surface area contributed by atoms with Crippen LogP contribution in [0.15, 0.2) is 59.5 Å². The van der Waals surface area contributed by atoms with Crippen molar-refractivity contribution in [1.29, 1.82) is 0 Å². The highest BCUT2D eigenvalue weighted by molar-refractivity contribution is 7.99. The van der Waals surface area contributed by atoms with Crippen molar-refractivity contribution < 1.29 is 9.59 Å². The van der Waals surface area contributed by atoms with Crippen LogP contribution < -0.4 is 5.32 Å². The summed E-state index contributed by atoms with van der Waals surface area (Å²) in [6, 6.07) is 16.9. The number of hydrogen-bond donors (Lipinski definition) is 1. The summed E-state index contributed by atoms with van der Waals surface area (Å²) in [5.41, 5.74) is 0.955. The summed E-state index contributed by atoms with van der Waals surface area (Å²) in [5, 5.41) is 3.50. The Bertz CT molecular complexity index is 753. The standard InChI is InChI=1S/C22H27ClN2O2S/c1-3-20(22(27)24-4-2)25(16-17-10-12-18(23)13-11-17)21(26)14-15-28-19-8-6-5-7-9-19/h5-13,20H,3-4,14-16H2,1-2H3,(H,24,27)/t20-/m0/s1. The molecule has 0 aromatic heterocycles. The van der Waals surface area contributed by atoms with Gasteiger partial charge in [0.15, 0.2) is 0 Å². The van der Waals surface area contributed by atoms with E-state index in [0.717, 1.165) is 10.5 Å². The van der Waals surface area contributed by atoms with Crippen molar-refractivity contribution in [3.05, 3.63) is 65.2 Å². The molecule has 1 atom stereocenters. The van der Waals surface area contributed by atoms with Gasteiger partial charge >= 0.3 is 0 Å². The lowest BCUT2D eigenvalue weighted by atomic mass is 10.1. The molecular weight excluding hydrogens is 392 g/mol. The van der Waals surface area contributed by atoms with Crippen LogP contribution in [0.25, 0.3) is 0 Å². The second-order valence-corrected chi connectivity index (χ2v) is 7.98. The highest BCUT2D eigenvalue weighted by Crippen LogP contribution is 2.20. The molecule has 2 rings (SSSR count). The lowest BCUT2D eigenvalue weighted by Crippen LogP contribution is -2.49. The van der Waals surface area contributed by atoms with Gasteiger partial charge in [-0.05, 0) is 43.2 Å². The topological polar surface area (TPSA) is 49.4 Å². The maximum atomic E-state index is 13.0. The van der Waals surface area contributed by atoms with Gasteiger partial charge in [-0.25, -0.2) is 0 Å². The number of halogens is 1. The van der Waals surface area contributed by atoms with E-state index in [1.807, 2.05) is 56.3 Å². The molecule has 2 aromatic carbocycles. The molecule has 0 saturated heterocycles. The van der Waals surface area contributed by atoms with E-state index >= 15 is 0 Å². The van der Waals surface area contributed by atoms with Crippen LogP contribution >= 0.6 is 23.4 Å². The summed E-state index contributed by atoms with van der Waals surface area (Å²) < 4.78 is 0. The number of likely N-dealkylation sites (N-methyl/N-ethyl adjacent to an activating group) is 1. The number of nitrogens with zero attached hydrogens (tertiary/aromatic N) is 1. The molecule has 0 spiro atoms. The third kappa shape index (κ3) is 6.88. The van der Waals surface area contributed by atoms with E-state index in [4.69, 9.17) is 11.6 Å². The van der Waals surface area contributed by atoms with Gasteiger partial charge in [0, 0.05) is 35.2 Å². The van der Waals surface area contributed by atoms with Crippen LogP contribution in [0.4, 0.5) is 0 Å². The largest absolute Gasteiger partial charge is 0.355 e. The van der Waals surface area contributed by atoms with Crippen LogP contribution in [-0.2, 0) is 16.1 Å². The SMILES string of the molecule is CCNC(=O)[C@H](CC)N(Cc1ccc(Cl)cc1)C(=O)CCSc1ccccc1. The number of amides is 2. The Morgan fingerprint density at radius 2 is 1.75 bits per heavy atom. The maximum Gasteiger partial charge on any atom is 0.242 e. The Morgan fingerprint density at radius 3 is 2.36 bits per heavy atom. The third-order valence-electron chi connectivity index (χ3n) is 4.33. The van der Waals surface area contributed by atoms with Crippen LogP contribution in [0, 0.1) is 0 Å². The fraction of sp³-hybridized carbons (Fsp3) is 0.364. The van der Waals surface area contributed by atoms with Crippen LogP contribution in [0.5, 0.6) is 0 Å². The molecule has 0 radical (unpaired) electrons. The Morgan fingerprint density at radius 1 is 1.07 bits per heavy atom. The summed E-state index contributed by atoms with van der Waals surface area (Å²) in [6.07, 6.45) is 0.944. The van der Waals surface area contributed by atoms with Gasteiger partial charge in [0.2, 0.25) is 11.8 Å². The van der Waals surface area contributed by atoms with Gasteiger partial charge in [-0.15, -0.1) is 11.8 Å². The monoisotopic (exact) mass is 418 g/mol. The minimum Gasteiger partial charge on any atom is -0.355 e. The molecule has 2 amide bonds. The van der Waals surface area contributed by atoms with Gasteiger partial charge in [-0.2, -0.15) is 0 Å². The number of nitrogens with one attached hydrogen (secondary N) is 1. The molecule has 0 bridgehead atoms. The fourth-order valence-electron chi connectivity index (χ4n) is 2.91. The molecule has 28 heavy (non-hydrogen) atoms. The fourth-order valence-corrected chi connectivity index (χ4v) is 3.90. The summed E-state index contributed by atoms with van der Waals surface area (Å²) in [5.74, 6) is 0.547. The number of thioether (sulfide) groups is 1. The first kappa shape index (κ1) is 22.3. The zero-order valence-corrected chi connectivity index (χ0v) is 17.9. The predicted octanol–water partition coefficient (Wildman–Crippen LogP) is 4.77. The van der Waals surface area contributed by atoms with E-state index < -0.39 is 6.04 Å². The summed E-state index contributed by atoms with van der Waals surface area (Å²) >= 11 is 7.62. The summed E-state index contributed by atoms with van der Waals surface area (Å²) in [4.78, 5) is 28.4. The highest BCUT2D eigenvalue weighted by atomic mass is 35.5. The Kier molecular flexibility index (Phi) is 9.38. The minimum atomic E-state index is -0.482. The Balaban J connectivity index is 2.09. The van der Waals surface area contributed by atoms with Crippen molar-refractivity contribution in [1.82, 2.24) is 10.2 Å². The van der Waals surface area contributed by atoms with Crippen molar-refractivity contribution >= 4 is 35.2 Å². The molecule has 0 saturated carbocycles. The molecule has 0 aliphatic rings. The molecule has 4 nitrogen and oxygen atoms in total. The van der Waals surface area contributed by atoms with E-state index in [9.17, 15) is 9.59 Å². The van der Waals surface area contributed by atoms with Gasteiger partial charge in [0.05, 0.1) is 0 Å². The summed E-state index contributed by atoms with van der Waals surface area (Å²) in [6.45, 7) is 4.75. The molecule has 0 heterocycles. The van der Waals surface area contributed by atoms with Gasteiger partial charge < -0.3 is 10.2 Å². The van der Waals surface area contributed by atoms with Crippen molar-refractivity contribution in [2.24, 2.45) is 0 Å². The van der Waals surface area contributed by atoms with E-state index in [1.54, 1.807) is 28.8 Å². The molecule has 0 aliphatic carbocycles. The van der Waals surface area contributed by atoms with Crippen LogP contribution in [0.1, 0.15) is 32.3 Å². The van der Waals surface area contributed by atoms with Gasteiger partial charge in [-0.3, -0.25) is 9.59 Å². The van der Waals surface area contributed by atoms with Crippen molar-refractivity contribution in [3.63, 3.8) is 0 Å². The van der Waals surface area contributed by atoms with Crippen LogP contribution in [0.2, 0.25) is 5.02 Å². The number of carbonyl (C=O) groups is 2. The van der Waals surface area contributed by atoms with Crippen molar-refractivity contribution in [2.75, 3.05) is 12.3 Å². The second-order valence-electron chi connectivity index (χ2n) is 6.38. The molecular formula is C22H27ClN2O2S. The maximum absolute atomic E-state index is 13.0. The lowest BCUT2D eigenvalue weighted by molar-refractivity contribution is -0.141. The molecule has 0 fully saturated rings. The summed E-state index contributed by atoms with van der Waals surface area (Å²) in [7, 11) is 0. The van der Waals surface area contributed by atoms with Crippen LogP contribution in [0.3, 0.4) is 0 Å². The van der Waals surface area contributed by atoms with E-state index in [0.29, 0.717) is 36.7 Å². The third-order valence-corrected chi connectivity index (χ3v) is 5.60. The first-order valence-electron chi connectivity index (χ1n) is 9.54. The Hall–Kier alpha value is -1.98. The molecule has 6 heteroatoms. The number of hydrogen-bond acceptors (Lipinski definition) is 3. The van der Waals surface area contributed by atoms with Crippen molar-refractivity contribution in [3.8, 4) is 0 Å². The van der Waals surface area contributed by atoms with Gasteiger partial charge in [0.25, 0.3) is 0 Å². The van der Waals surface area contributed by atoms with E-state index in [1.165, 1.54) is 0 Å². The molecule has 1 N–H and O–H groups in total. The predicted molar refractivity (Wildman–Crippen MR) is 117 cm³/mol. The number of carbonyl (C=O) groups excluding carboxylic acids is 2. The average Bonchev–Trinajstić information content (AvgIpc) is 2.70. The average molecular weight is 419 g/mol. The minimum absolute atomic E-state index is 0.0171. The second kappa shape index (κ2) is 11.8. The molecule has 150 valence electrons.